The van der Waals surface area contributed by atoms with Gasteiger partial charge in [0.15, 0.2) is 11.5 Å². The molecular weight excluding hydrogens is 467 g/mol. The first-order valence-corrected chi connectivity index (χ1v) is 12.7. The Balaban J connectivity index is 1.61. The molecule has 0 saturated carbocycles. The molecule has 3 aromatic carbocycles. The largest absolute Gasteiger partial charge is 0.486 e. The van der Waals surface area contributed by atoms with Crippen LogP contribution in [0.1, 0.15) is 0 Å². The third-order valence-corrected chi connectivity index (χ3v) is 7.39. The molecule has 1 aliphatic rings. The summed E-state index contributed by atoms with van der Waals surface area (Å²) in [6.07, 6.45) is 1.88. The summed E-state index contributed by atoms with van der Waals surface area (Å²) in [6, 6.07) is 16.3. The van der Waals surface area contributed by atoms with E-state index in [0.29, 0.717) is 30.4 Å². The van der Waals surface area contributed by atoms with E-state index < -0.39 is 28.3 Å². The van der Waals surface area contributed by atoms with Crippen LogP contribution in [0.4, 0.5) is 15.8 Å². The lowest BCUT2D eigenvalue weighted by Crippen LogP contribution is -2.38. The molecule has 0 aromatic heterocycles. The topological polar surface area (TPSA) is 84.9 Å². The molecular formula is C23H21FN2O5S2. The fourth-order valence-electron chi connectivity index (χ4n) is 3.27. The van der Waals surface area contributed by atoms with E-state index in [1.807, 2.05) is 6.26 Å². The molecule has 0 spiro atoms. The number of halogens is 1. The van der Waals surface area contributed by atoms with Crippen molar-refractivity contribution in [2.75, 3.05) is 35.6 Å². The van der Waals surface area contributed by atoms with E-state index in [2.05, 4.69) is 5.32 Å². The van der Waals surface area contributed by atoms with Gasteiger partial charge in [0, 0.05) is 16.6 Å². The van der Waals surface area contributed by atoms with Crippen molar-refractivity contribution in [1.29, 1.82) is 0 Å². The lowest BCUT2D eigenvalue weighted by molar-refractivity contribution is -0.114. The van der Waals surface area contributed by atoms with Gasteiger partial charge in [0.1, 0.15) is 25.6 Å². The number of anilines is 2. The maximum atomic E-state index is 13.9. The first-order chi connectivity index (χ1) is 15.9. The minimum Gasteiger partial charge on any atom is -0.486 e. The quantitative estimate of drug-likeness (QED) is 0.503. The average Bonchev–Trinajstić information content (AvgIpc) is 2.82. The average molecular weight is 489 g/mol. The van der Waals surface area contributed by atoms with Gasteiger partial charge in [-0.2, -0.15) is 0 Å². The van der Waals surface area contributed by atoms with E-state index >= 15 is 0 Å². The summed E-state index contributed by atoms with van der Waals surface area (Å²) in [6.45, 7) is 0.285. The summed E-state index contributed by atoms with van der Waals surface area (Å²) in [5, 5.41) is 2.67. The van der Waals surface area contributed by atoms with Gasteiger partial charge >= 0.3 is 0 Å². The molecule has 0 aliphatic carbocycles. The van der Waals surface area contributed by atoms with Gasteiger partial charge in [0.2, 0.25) is 5.91 Å². The normalized spacial score (nSPS) is 12.8. The second kappa shape index (κ2) is 9.72. The highest BCUT2D eigenvalue weighted by Gasteiger charge is 2.28. The van der Waals surface area contributed by atoms with Crippen molar-refractivity contribution in [2.45, 2.75) is 9.79 Å². The van der Waals surface area contributed by atoms with Crippen molar-refractivity contribution in [1.82, 2.24) is 0 Å². The molecule has 0 bridgehead atoms. The Morgan fingerprint density at radius 1 is 1.03 bits per heavy atom. The van der Waals surface area contributed by atoms with E-state index in [-0.39, 0.29) is 10.6 Å². The van der Waals surface area contributed by atoms with Gasteiger partial charge in [0.05, 0.1) is 10.6 Å². The number of thioether (sulfide) groups is 1. The number of hydrogen-bond acceptors (Lipinski definition) is 6. The fraction of sp³-hybridized carbons (Fsp3) is 0.174. The zero-order valence-corrected chi connectivity index (χ0v) is 19.3. The maximum absolute atomic E-state index is 13.9. The van der Waals surface area contributed by atoms with Crippen molar-refractivity contribution < 1.29 is 27.1 Å². The summed E-state index contributed by atoms with van der Waals surface area (Å²) in [4.78, 5) is 13.7. The highest BCUT2D eigenvalue weighted by molar-refractivity contribution is 7.98. The molecule has 0 radical (unpaired) electrons. The number of nitrogens with one attached hydrogen (secondary N) is 1. The van der Waals surface area contributed by atoms with Crippen molar-refractivity contribution in [3.05, 3.63) is 72.5 Å². The fourth-order valence-corrected chi connectivity index (χ4v) is 5.09. The van der Waals surface area contributed by atoms with Gasteiger partial charge in [-0.1, -0.05) is 6.07 Å². The number of amides is 1. The van der Waals surface area contributed by atoms with E-state index in [0.717, 1.165) is 15.3 Å². The molecule has 0 fully saturated rings. The molecule has 3 aromatic rings. The third-order valence-electron chi connectivity index (χ3n) is 4.86. The third kappa shape index (κ3) is 5.23. The molecule has 0 saturated heterocycles. The summed E-state index contributed by atoms with van der Waals surface area (Å²) in [5.74, 6) is -0.155. The van der Waals surface area contributed by atoms with Gasteiger partial charge < -0.3 is 14.8 Å². The van der Waals surface area contributed by atoms with Crippen LogP contribution < -0.4 is 19.1 Å². The number of ether oxygens (including phenoxy) is 2. The molecule has 1 N–H and O–H groups in total. The van der Waals surface area contributed by atoms with Gasteiger partial charge in [-0.25, -0.2) is 12.8 Å². The summed E-state index contributed by atoms with van der Waals surface area (Å²) in [7, 11) is -4.15. The maximum Gasteiger partial charge on any atom is 0.264 e. The number of carbonyl (C=O) groups is 1. The predicted octanol–water partition coefficient (Wildman–Crippen LogP) is 4.15. The Labute approximate surface area is 195 Å². The Morgan fingerprint density at radius 2 is 1.76 bits per heavy atom. The molecule has 4 rings (SSSR count). The summed E-state index contributed by atoms with van der Waals surface area (Å²) in [5.41, 5.74) is 0.464. The minimum absolute atomic E-state index is 0.00306. The lowest BCUT2D eigenvalue weighted by Gasteiger charge is -2.24. The summed E-state index contributed by atoms with van der Waals surface area (Å²) >= 11 is 1.48. The number of carbonyl (C=O) groups excluding carboxylic acids is 1. The number of rotatable bonds is 7. The first kappa shape index (κ1) is 22.9. The first-order valence-electron chi connectivity index (χ1n) is 9.99. The van der Waals surface area contributed by atoms with Crippen LogP contribution in [0.2, 0.25) is 0 Å². The molecule has 0 unspecified atom stereocenters. The van der Waals surface area contributed by atoms with Crippen molar-refractivity contribution >= 4 is 39.1 Å². The Morgan fingerprint density at radius 3 is 2.45 bits per heavy atom. The molecule has 1 amide bonds. The Bertz CT molecular complexity index is 1270. The van der Waals surface area contributed by atoms with Gasteiger partial charge in [-0.05, 0) is 60.9 Å². The zero-order valence-electron chi connectivity index (χ0n) is 17.7. The van der Waals surface area contributed by atoms with Crippen LogP contribution in [-0.2, 0) is 14.8 Å². The van der Waals surface area contributed by atoms with Crippen LogP contribution in [0.25, 0.3) is 0 Å². The Hall–Kier alpha value is -3.24. The van der Waals surface area contributed by atoms with Crippen molar-refractivity contribution in [3.8, 4) is 11.5 Å². The monoisotopic (exact) mass is 488 g/mol. The van der Waals surface area contributed by atoms with Gasteiger partial charge in [0.25, 0.3) is 10.0 Å². The highest BCUT2D eigenvalue weighted by Crippen LogP contribution is 2.33. The van der Waals surface area contributed by atoms with Crippen LogP contribution in [0.15, 0.2) is 76.5 Å². The van der Waals surface area contributed by atoms with Crippen molar-refractivity contribution in [2.24, 2.45) is 0 Å². The number of sulfonamides is 1. The van der Waals surface area contributed by atoms with E-state index in [1.165, 1.54) is 42.1 Å². The lowest BCUT2D eigenvalue weighted by atomic mass is 10.2. The number of hydrogen-bond donors (Lipinski definition) is 1. The van der Waals surface area contributed by atoms with E-state index in [9.17, 15) is 17.6 Å². The van der Waals surface area contributed by atoms with Crippen molar-refractivity contribution in [3.63, 3.8) is 0 Å². The molecule has 7 nitrogen and oxygen atoms in total. The minimum atomic E-state index is -4.15. The van der Waals surface area contributed by atoms with Gasteiger partial charge in [-0.15, -0.1) is 11.8 Å². The zero-order chi connectivity index (χ0) is 23.4. The molecule has 1 heterocycles. The summed E-state index contributed by atoms with van der Waals surface area (Å²) < 4.78 is 52.6. The second-order valence-electron chi connectivity index (χ2n) is 7.07. The highest BCUT2D eigenvalue weighted by atomic mass is 32.2. The molecule has 172 valence electrons. The van der Waals surface area contributed by atoms with E-state index in [1.54, 1.807) is 30.3 Å². The van der Waals surface area contributed by atoms with Gasteiger partial charge in [-0.3, -0.25) is 9.10 Å². The molecule has 1 aliphatic heterocycles. The van der Waals surface area contributed by atoms with Crippen LogP contribution in [0.5, 0.6) is 11.5 Å². The second-order valence-corrected chi connectivity index (χ2v) is 9.82. The van der Waals surface area contributed by atoms with E-state index in [4.69, 9.17) is 9.47 Å². The van der Waals surface area contributed by atoms with Crippen LogP contribution in [0.3, 0.4) is 0 Å². The smallest absolute Gasteiger partial charge is 0.264 e. The van der Waals surface area contributed by atoms with Crippen LogP contribution in [-0.4, -0.2) is 40.3 Å². The predicted molar refractivity (Wildman–Crippen MR) is 125 cm³/mol. The van der Waals surface area contributed by atoms with Crippen LogP contribution >= 0.6 is 11.8 Å². The standard InChI is InChI=1S/C23H21FN2O5S2/c1-32-19-6-8-20(9-7-19)33(28,29)26(18-4-2-3-16(24)13-18)15-23(27)25-17-5-10-21-22(14-17)31-12-11-30-21/h2-10,13-14H,11-12,15H2,1H3,(H,25,27). The Kier molecular flexibility index (Phi) is 6.75. The number of nitrogens with zero attached hydrogens (tertiary/aromatic N) is 1. The number of fused-ring (bicyclic) bond motifs is 1. The molecule has 33 heavy (non-hydrogen) atoms. The SMILES string of the molecule is CSc1ccc(S(=O)(=O)N(CC(=O)Nc2ccc3c(c2)OCCO3)c2cccc(F)c2)cc1. The van der Waals surface area contributed by atoms with Crippen LogP contribution in [0, 0.1) is 5.82 Å². The number of benzene rings is 3. The molecule has 10 heteroatoms. The molecule has 0 atom stereocenters.